The standard InChI is InChI=1S/C22H25ClN2O3/c1-15-5-7-18(17(23)12-15)24-22(26)14-25-9-2-4-19(25)16-6-8-20-21(13-16)28-11-3-10-27-20/h5-8,12-13,19H,2-4,9-11,14H2,1H3,(H,24,26)/t19-/m0/s1. The van der Waals surface area contributed by atoms with Crippen molar-refractivity contribution in [2.24, 2.45) is 0 Å². The number of rotatable bonds is 4. The van der Waals surface area contributed by atoms with Gasteiger partial charge < -0.3 is 14.8 Å². The molecule has 6 heteroatoms. The molecule has 0 bridgehead atoms. The van der Waals surface area contributed by atoms with Crippen LogP contribution in [0.4, 0.5) is 5.69 Å². The third-order valence-electron chi connectivity index (χ3n) is 5.27. The van der Waals surface area contributed by atoms with E-state index in [1.54, 1.807) is 0 Å². The molecule has 0 unspecified atom stereocenters. The van der Waals surface area contributed by atoms with Gasteiger partial charge in [-0.15, -0.1) is 0 Å². The summed E-state index contributed by atoms with van der Waals surface area (Å²) in [5.74, 6) is 1.56. The fraction of sp³-hybridized carbons (Fsp3) is 0.409. The summed E-state index contributed by atoms with van der Waals surface area (Å²) in [6.07, 6.45) is 2.98. The van der Waals surface area contributed by atoms with Gasteiger partial charge in [0.1, 0.15) is 0 Å². The van der Waals surface area contributed by atoms with Gasteiger partial charge in [-0.05, 0) is 61.7 Å². The van der Waals surface area contributed by atoms with Gasteiger partial charge >= 0.3 is 0 Å². The topological polar surface area (TPSA) is 50.8 Å². The number of hydrogen-bond acceptors (Lipinski definition) is 4. The van der Waals surface area contributed by atoms with Gasteiger partial charge in [-0.3, -0.25) is 9.69 Å². The first-order valence-electron chi connectivity index (χ1n) is 9.80. The number of carbonyl (C=O) groups excluding carboxylic acids is 1. The summed E-state index contributed by atoms with van der Waals surface area (Å²) in [6, 6.07) is 12.0. The molecule has 28 heavy (non-hydrogen) atoms. The number of aryl methyl sites for hydroxylation is 1. The van der Waals surface area contributed by atoms with E-state index in [-0.39, 0.29) is 11.9 Å². The number of anilines is 1. The predicted octanol–water partition coefficient (Wildman–Crippen LogP) is 4.59. The molecule has 0 aromatic heterocycles. The van der Waals surface area contributed by atoms with E-state index in [2.05, 4.69) is 22.3 Å². The average Bonchev–Trinajstić information content (AvgIpc) is 2.99. The molecule has 2 aromatic carbocycles. The van der Waals surface area contributed by atoms with E-state index in [0.717, 1.165) is 42.9 Å². The number of hydrogen-bond donors (Lipinski definition) is 1. The summed E-state index contributed by atoms with van der Waals surface area (Å²) in [7, 11) is 0. The van der Waals surface area contributed by atoms with Crippen molar-refractivity contribution in [2.75, 3.05) is 31.6 Å². The number of likely N-dealkylation sites (tertiary alicyclic amines) is 1. The van der Waals surface area contributed by atoms with Crippen molar-refractivity contribution in [3.63, 3.8) is 0 Å². The molecule has 0 spiro atoms. The number of halogens is 1. The number of ether oxygens (including phenoxy) is 2. The molecule has 2 aliphatic rings. The quantitative estimate of drug-likeness (QED) is 0.815. The number of carbonyl (C=O) groups is 1. The van der Waals surface area contributed by atoms with E-state index >= 15 is 0 Å². The Hall–Kier alpha value is -2.24. The third kappa shape index (κ3) is 4.26. The molecule has 0 radical (unpaired) electrons. The van der Waals surface area contributed by atoms with E-state index in [4.69, 9.17) is 21.1 Å². The van der Waals surface area contributed by atoms with E-state index in [9.17, 15) is 4.79 Å². The SMILES string of the molecule is Cc1ccc(NC(=O)CN2CCC[C@H]2c2ccc3c(c2)OCCCO3)c(Cl)c1. The Morgan fingerprint density at radius 3 is 2.79 bits per heavy atom. The van der Waals surface area contributed by atoms with Gasteiger partial charge in [-0.25, -0.2) is 0 Å². The van der Waals surface area contributed by atoms with Crippen molar-refractivity contribution in [2.45, 2.75) is 32.2 Å². The van der Waals surface area contributed by atoms with E-state index in [1.807, 2.05) is 31.2 Å². The van der Waals surface area contributed by atoms with Gasteiger partial charge in [0.05, 0.1) is 30.5 Å². The van der Waals surface area contributed by atoms with Gasteiger partial charge in [0.15, 0.2) is 11.5 Å². The van der Waals surface area contributed by atoms with Crippen molar-refractivity contribution in [1.82, 2.24) is 4.90 Å². The molecule has 4 rings (SSSR count). The molecule has 5 nitrogen and oxygen atoms in total. The molecule has 2 aliphatic heterocycles. The minimum absolute atomic E-state index is 0.0491. The van der Waals surface area contributed by atoms with Gasteiger partial charge in [0.2, 0.25) is 5.91 Å². The highest BCUT2D eigenvalue weighted by atomic mass is 35.5. The number of benzene rings is 2. The van der Waals surface area contributed by atoms with Crippen molar-refractivity contribution in [3.8, 4) is 11.5 Å². The Balaban J connectivity index is 1.45. The molecule has 0 saturated carbocycles. The van der Waals surface area contributed by atoms with Crippen molar-refractivity contribution in [3.05, 3.63) is 52.5 Å². The van der Waals surface area contributed by atoms with Crippen LogP contribution in [0.15, 0.2) is 36.4 Å². The van der Waals surface area contributed by atoms with Crippen LogP contribution in [0.25, 0.3) is 0 Å². The molecular formula is C22H25ClN2O3. The molecule has 1 saturated heterocycles. The second-order valence-electron chi connectivity index (χ2n) is 7.42. The zero-order chi connectivity index (χ0) is 19.5. The predicted molar refractivity (Wildman–Crippen MR) is 110 cm³/mol. The fourth-order valence-corrected chi connectivity index (χ4v) is 4.16. The summed E-state index contributed by atoms with van der Waals surface area (Å²) >= 11 is 6.24. The minimum Gasteiger partial charge on any atom is -0.490 e. The molecule has 1 atom stereocenters. The summed E-state index contributed by atoms with van der Waals surface area (Å²) in [4.78, 5) is 14.8. The van der Waals surface area contributed by atoms with Crippen molar-refractivity contribution < 1.29 is 14.3 Å². The first-order valence-corrected chi connectivity index (χ1v) is 10.2. The van der Waals surface area contributed by atoms with Crippen LogP contribution in [0.5, 0.6) is 11.5 Å². The van der Waals surface area contributed by atoms with Gasteiger partial charge in [-0.2, -0.15) is 0 Å². The molecule has 1 N–H and O–H groups in total. The fourth-order valence-electron chi connectivity index (χ4n) is 3.88. The van der Waals surface area contributed by atoms with Crippen LogP contribution in [0, 0.1) is 6.92 Å². The van der Waals surface area contributed by atoms with Crippen molar-refractivity contribution in [1.29, 1.82) is 0 Å². The third-order valence-corrected chi connectivity index (χ3v) is 5.58. The van der Waals surface area contributed by atoms with E-state index in [0.29, 0.717) is 30.5 Å². The van der Waals surface area contributed by atoms with Gasteiger partial charge in [-0.1, -0.05) is 23.7 Å². The molecule has 2 aromatic rings. The van der Waals surface area contributed by atoms with Crippen LogP contribution in [-0.2, 0) is 4.79 Å². The maximum atomic E-state index is 12.6. The number of nitrogens with one attached hydrogen (secondary N) is 1. The summed E-state index contributed by atoms with van der Waals surface area (Å²) < 4.78 is 11.6. The Morgan fingerprint density at radius 2 is 1.96 bits per heavy atom. The second kappa shape index (κ2) is 8.41. The maximum absolute atomic E-state index is 12.6. The van der Waals surface area contributed by atoms with Crippen LogP contribution < -0.4 is 14.8 Å². The molecule has 1 fully saturated rings. The van der Waals surface area contributed by atoms with Gasteiger partial charge in [0, 0.05) is 12.5 Å². The van der Waals surface area contributed by atoms with E-state index in [1.165, 1.54) is 5.56 Å². The number of fused-ring (bicyclic) bond motifs is 1. The Morgan fingerprint density at radius 1 is 1.14 bits per heavy atom. The molecule has 2 heterocycles. The average molecular weight is 401 g/mol. The lowest BCUT2D eigenvalue weighted by Crippen LogP contribution is -2.33. The Bertz CT molecular complexity index is 871. The first kappa shape index (κ1) is 19.1. The summed E-state index contributed by atoms with van der Waals surface area (Å²) in [6.45, 7) is 4.56. The minimum atomic E-state index is -0.0491. The zero-order valence-electron chi connectivity index (χ0n) is 16.0. The highest BCUT2D eigenvalue weighted by molar-refractivity contribution is 6.33. The van der Waals surface area contributed by atoms with Crippen LogP contribution in [0.3, 0.4) is 0 Å². The van der Waals surface area contributed by atoms with Crippen LogP contribution in [-0.4, -0.2) is 37.1 Å². The Kier molecular flexibility index (Phi) is 5.74. The highest BCUT2D eigenvalue weighted by Gasteiger charge is 2.28. The smallest absolute Gasteiger partial charge is 0.238 e. The molecule has 0 aliphatic carbocycles. The zero-order valence-corrected chi connectivity index (χ0v) is 16.8. The monoisotopic (exact) mass is 400 g/mol. The Labute approximate surface area is 170 Å². The molecule has 1 amide bonds. The summed E-state index contributed by atoms with van der Waals surface area (Å²) in [5, 5.41) is 3.50. The summed E-state index contributed by atoms with van der Waals surface area (Å²) in [5.41, 5.74) is 2.89. The second-order valence-corrected chi connectivity index (χ2v) is 7.82. The van der Waals surface area contributed by atoms with Crippen molar-refractivity contribution >= 4 is 23.2 Å². The highest BCUT2D eigenvalue weighted by Crippen LogP contribution is 2.37. The van der Waals surface area contributed by atoms with Crippen LogP contribution in [0.2, 0.25) is 5.02 Å². The van der Waals surface area contributed by atoms with E-state index < -0.39 is 0 Å². The molecule has 148 valence electrons. The van der Waals surface area contributed by atoms with Crippen LogP contribution >= 0.6 is 11.6 Å². The van der Waals surface area contributed by atoms with Crippen LogP contribution in [0.1, 0.15) is 36.4 Å². The maximum Gasteiger partial charge on any atom is 0.238 e. The number of nitrogens with zero attached hydrogens (tertiary/aromatic N) is 1. The number of amides is 1. The first-order chi connectivity index (χ1) is 13.6. The lowest BCUT2D eigenvalue weighted by molar-refractivity contribution is -0.117. The lowest BCUT2D eigenvalue weighted by atomic mass is 10.0. The lowest BCUT2D eigenvalue weighted by Gasteiger charge is -2.25. The van der Waals surface area contributed by atoms with Gasteiger partial charge in [0.25, 0.3) is 0 Å². The molecular weight excluding hydrogens is 376 g/mol. The largest absolute Gasteiger partial charge is 0.490 e. The normalized spacial score (nSPS) is 19.3.